The van der Waals surface area contributed by atoms with Crippen LogP contribution in [0.1, 0.15) is 25.6 Å². The van der Waals surface area contributed by atoms with Crippen LogP contribution in [0.25, 0.3) is 0 Å². The lowest BCUT2D eigenvalue weighted by Crippen LogP contribution is -2.50. The van der Waals surface area contributed by atoms with Crippen LogP contribution in [0.3, 0.4) is 0 Å². The molecule has 1 aromatic rings. The van der Waals surface area contributed by atoms with E-state index in [0.717, 1.165) is 19.6 Å². The molecule has 2 unspecified atom stereocenters. The van der Waals surface area contributed by atoms with Gasteiger partial charge in [0.2, 0.25) is 0 Å². The molecule has 1 aliphatic heterocycles. The second-order valence-corrected chi connectivity index (χ2v) is 4.22. The zero-order valence-electron chi connectivity index (χ0n) is 9.89. The summed E-state index contributed by atoms with van der Waals surface area (Å²) in [5.74, 6) is 0. The molecule has 1 fully saturated rings. The first-order valence-electron chi connectivity index (χ1n) is 5.66. The predicted molar refractivity (Wildman–Crippen MR) is 68.9 cm³/mol. The van der Waals surface area contributed by atoms with Gasteiger partial charge in [-0.3, -0.25) is 9.88 Å². The van der Waals surface area contributed by atoms with Gasteiger partial charge in [-0.05, 0) is 26.0 Å². The highest BCUT2D eigenvalue weighted by molar-refractivity contribution is 5.85. The second kappa shape index (κ2) is 6.18. The summed E-state index contributed by atoms with van der Waals surface area (Å²) in [6.45, 7) is 7.79. The Morgan fingerprint density at radius 2 is 2.31 bits per heavy atom. The van der Waals surface area contributed by atoms with Gasteiger partial charge in [-0.15, -0.1) is 12.4 Å². The number of nitrogens with zero attached hydrogens (tertiary/aromatic N) is 2. The van der Waals surface area contributed by atoms with Crippen molar-refractivity contribution in [3.63, 3.8) is 0 Å². The molecule has 90 valence electrons. The molecule has 0 amide bonds. The molecule has 0 aliphatic carbocycles. The highest BCUT2D eigenvalue weighted by Gasteiger charge is 2.24. The molecule has 2 heterocycles. The molecular formula is C12H20ClN3. The van der Waals surface area contributed by atoms with E-state index in [2.05, 4.69) is 41.2 Å². The Morgan fingerprint density at radius 3 is 2.94 bits per heavy atom. The summed E-state index contributed by atoms with van der Waals surface area (Å²) in [4.78, 5) is 6.94. The van der Waals surface area contributed by atoms with E-state index in [4.69, 9.17) is 0 Å². The lowest BCUT2D eigenvalue weighted by atomic mass is 10.1. The predicted octanol–water partition coefficient (Wildman–Crippen LogP) is 1.86. The fourth-order valence-corrected chi connectivity index (χ4v) is 2.23. The number of pyridine rings is 1. The molecule has 0 aromatic carbocycles. The number of halogens is 1. The highest BCUT2D eigenvalue weighted by atomic mass is 35.5. The summed E-state index contributed by atoms with van der Waals surface area (Å²) >= 11 is 0. The molecule has 16 heavy (non-hydrogen) atoms. The number of nitrogens with one attached hydrogen (secondary N) is 1. The van der Waals surface area contributed by atoms with Crippen molar-refractivity contribution >= 4 is 12.4 Å². The molecule has 0 bridgehead atoms. The normalized spacial score (nSPS) is 23.5. The summed E-state index contributed by atoms with van der Waals surface area (Å²) in [6, 6.07) is 7.15. The van der Waals surface area contributed by atoms with Crippen LogP contribution in [0, 0.1) is 0 Å². The van der Waals surface area contributed by atoms with Crippen molar-refractivity contribution in [1.82, 2.24) is 15.2 Å². The molecule has 1 saturated heterocycles. The smallest absolute Gasteiger partial charge is 0.0572 e. The lowest BCUT2D eigenvalue weighted by Gasteiger charge is -2.38. The van der Waals surface area contributed by atoms with Crippen LogP contribution in [-0.2, 0) is 0 Å². The maximum atomic E-state index is 4.43. The lowest BCUT2D eigenvalue weighted by molar-refractivity contribution is 0.123. The van der Waals surface area contributed by atoms with Gasteiger partial charge < -0.3 is 5.32 Å². The van der Waals surface area contributed by atoms with Gasteiger partial charge >= 0.3 is 0 Å². The van der Waals surface area contributed by atoms with E-state index in [1.165, 1.54) is 5.69 Å². The summed E-state index contributed by atoms with van der Waals surface area (Å²) < 4.78 is 0. The Labute approximate surface area is 104 Å². The largest absolute Gasteiger partial charge is 0.314 e. The molecular weight excluding hydrogens is 222 g/mol. The SMILES string of the molecule is CC1CNCCN1C(C)c1ccccn1.Cl. The van der Waals surface area contributed by atoms with Crippen LogP contribution in [0.5, 0.6) is 0 Å². The summed E-state index contributed by atoms with van der Waals surface area (Å²) in [6.07, 6.45) is 1.87. The van der Waals surface area contributed by atoms with Crippen LogP contribution in [-0.4, -0.2) is 35.6 Å². The van der Waals surface area contributed by atoms with Gasteiger partial charge in [0.15, 0.2) is 0 Å². The van der Waals surface area contributed by atoms with E-state index in [1.807, 2.05) is 12.3 Å². The summed E-state index contributed by atoms with van der Waals surface area (Å²) in [7, 11) is 0. The van der Waals surface area contributed by atoms with E-state index < -0.39 is 0 Å². The van der Waals surface area contributed by atoms with Gasteiger partial charge in [-0.2, -0.15) is 0 Å². The Hall–Kier alpha value is -0.640. The minimum absolute atomic E-state index is 0. The van der Waals surface area contributed by atoms with E-state index in [9.17, 15) is 0 Å². The van der Waals surface area contributed by atoms with E-state index in [1.54, 1.807) is 0 Å². The molecule has 3 nitrogen and oxygen atoms in total. The minimum Gasteiger partial charge on any atom is -0.314 e. The Kier molecular flexibility index (Phi) is 5.19. The van der Waals surface area contributed by atoms with Crippen molar-refractivity contribution in [2.45, 2.75) is 25.9 Å². The fourth-order valence-electron chi connectivity index (χ4n) is 2.23. The highest BCUT2D eigenvalue weighted by Crippen LogP contribution is 2.20. The van der Waals surface area contributed by atoms with Gasteiger partial charge in [0, 0.05) is 37.9 Å². The molecule has 2 atom stereocenters. The van der Waals surface area contributed by atoms with Crippen LogP contribution < -0.4 is 5.32 Å². The van der Waals surface area contributed by atoms with Crippen molar-refractivity contribution in [3.8, 4) is 0 Å². The second-order valence-electron chi connectivity index (χ2n) is 4.22. The average Bonchev–Trinajstić information content (AvgIpc) is 2.30. The van der Waals surface area contributed by atoms with Crippen molar-refractivity contribution in [1.29, 1.82) is 0 Å². The van der Waals surface area contributed by atoms with Gasteiger partial charge in [-0.1, -0.05) is 6.07 Å². The Bertz CT molecular complexity index is 304. The molecule has 2 rings (SSSR count). The third kappa shape index (κ3) is 2.94. The van der Waals surface area contributed by atoms with Gasteiger partial charge in [-0.25, -0.2) is 0 Å². The average molecular weight is 242 g/mol. The zero-order valence-corrected chi connectivity index (χ0v) is 10.7. The molecule has 0 saturated carbocycles. The first-order valence-corrected chi connectivity index (χ1v) is 5.66. The van der Waals surface area contributed by atoms with Crippen LogP contribution in [0.15, 0.2) is 24.4 Å². The first kappa shape index (κ1) is 13.4. The molecule has 4 heteroatoms. The van der Waals surface area contributed by atoms with E-state index in [0.29, 0.717) is 12.1 Å². The molecule has 0 radical (unpaired) electrons. The van der Waals surface area contributed by atoms with Gasteiger partial charge in [0.1, 0.15) is 0 Å². The van der Waals surface area contributed by atoms with Crippen molar-refractivity contribution in [2.75, 3.05) is 19.6 Å². The third-order valence-electron chi connectivity index (χ3n) is 3.17. The summed E-state index contributed by atoms with van der Waals surface area (Å²) in [5.41, 5.74) is 1.17. The first-order chi connectivity index (χ1) is 7.29. The van der Waals surface area contributed by atoms with Crippen molar-refractivity contribution in [3.05, 3.63) is 30.1 Å². The van der Waals surface area contributed by atoms with E-state index in [-0.39, 0.29) is 12.4 Å². The number of hydrogen-bond acceptors (Lipinski definition) is 3. The minimum atomic E-state index is 0. The van der Waals surface area contributed by atoms with Gasteiger partial charge in [0.25, 0.3) is 0 Å². The fraction of sp³-hybridized carbons (Fsp3) is 0.583. The Morgan fingerprint density at radius 1 is 1.50 bits per heavy atom. The van der Waals surface area contributed by atoms with Crippen LogP contribution in [0.4, 0.5) is 0 Å². The number of aromatic nitrogens is 1. The maximum absolute atomic E-state index is 4.43. The molecule has 1 N–H and O–H groups in total. The molecule has 1 aromatic heterocycles. The third-order valence-corrected chi connectivity index (χ3v) is 3.17. The standard InChI is InChI=1S/C12H19N3.ClH/c1-10-9-13-7-8-15(10)11(2)12-5-3-4-6-14-12;/h3-6,10-11,13H,7-9H2,1-2H3;1H. The number of hydrogen-bond donors (Lipinski definition) is 1. The quantitative estimate of drug-likeness (QED) is 0.857. The number of piperazine rings is 1. The van der Waals surface area contributed by atoms with Crippen LogP contribution >= 0.6 is 12.4 Å². The number of rotatable bonds is 2. The molecule has 0 spiro atoms. The zero-order chi connectivity index (χ0) is 10.7. The Balaban J connectivity index is 0.00000128. The summed E-state index contributed by atoms with van der Waals surface area (Å²) in [5, 5.41) is 3.41. The monoisotopic (exact) mass is 241 g/mol. The van der Waals surface area contributed by atoms with E-state index >= 15 is 0 Å². The molecule has 1 aliphatic rings. The van der Waals surface area contributed by atoms with Crippen molar-refractivity contribution < 1.29 is 0 Å². The van der Waals surface area contributed by atoms with Crippen molar-refractivity contribution in [2.24, 2.45) is 0 Å². The topological polar surface area (TPSA) is 28.2 Å². The van der Waals surface area contributed by atoms with Gasteiger partial charge in [0.05, 0.1) is 5.69 Å². The van der Waals surface area contributed by atoms with Crippen LogP contribution in [0.2, 0.25) is 0 Å². The maximum Gasteiger partial charge on any atom is 0.0572 e.